The van der Waals surface area contributed by atoms with Gasteiger partial charge in [0.25, 0.3) is 0 Å². The zero-order chi connectivity index (χ0) is 12.4. The van der Waals surface area contributed by atoms with Gasteiger partial charge >= 0.3 is 0 Å². The Kier molecular flexibility index (Phi) is 8.94. The highest BCUT2D eigenvalue weighted by Gasteiger charge is 2.06. The highest BCUT2D eigenvalue weighted by molar-refractivity contribution is 5.79. The van der Waals surface area contributed by atoms with Crippen LogP contribution in [0.15, 0.2) is 4.99 Å². The second-order valence-electron chi connectivity index (χ2n) is 4.02. The van der Waals surface area contributed by atoms with Crippen LogP contribution in [0.5, 0.6) is 0 Å². The largest absolute Gasteiger partial charge is 0.383 e. The normalized spacial score (nSPS) is 14.0. The molecule has 0 bridgehead atoms. The summed E-state index contributed by atoms with van der Waals surface area (Å²) in [5.74, 6) is 6.67. The van der Waals surface area contributed by atoms with E-state index in [4.69, 9.17) is 10.6 Å². The summed E-state index contributed by atoms with van der Waals surface area (Å²) in [4.78, 5) is 4.42. The summed E-state index contributed by atoms with van der Waals surface area (Å²) in [6.45, 7) is 7.82. The average Bonchev–Trinajstić information content (AvgIpc) is 2.29. The number of hydrogen-bond acceptors (Lipinski definition) is 3. The van der Waals surface area contributed by atoms with E-state index in [1.54, 1.807) is 7.11 Å². The van der Waals surface area contributed by atoms with Crippen LogP contribution in [-0.2, 0) is 4.74 Å². The number of hydrogen-bond donors (Lipinski definition) is 3. The average molecular weight is 230 g/mol. The third-order valence-corrected chi connectivity index (χ3v) is 2.60. The predicted molar refractivity (Wildman–Crippen MR) is 68.2 cm³/mol. The molecule has 0 aliphatic carbocycles. The van der Waals surface area contributed by atoms with Crippen molar-refractivity contribution in [3.8, 4) is 0 Å². The molecule has 0 aromatic carbocycles. The third-order valence-electron chi connectivity index (χ3n) is 2.60. The molecule has 0 rings (SSSR count). The number of nitrogens with two attached hydrogens (primary N) is 1. The Balaban J connectivity index is 4.09. The second kappa shape index (κ2) is 9.42. The first-order valence-corrected chi connectivity index (χ1v) is 5.94. The van der Waals surface area contributed by atoms with E-state index in [0.29, 0.717) is 18.5 Å². The van der Waals surface area contributed by atoms with Crippen LogP contribution in [0.1, 0.15) is 33.6 Å². The van der Waals surface area contributed by atoms with E-state index in [2.05, 4.69) is 29.6 Å². The molecule has 0 amide bonds. The Hall–Kier alpha value is -0.810. The molecule has 0 aromatic heterocycles. The molecule has 96 valence electrons. The first-order chi connectivity index (χ1) is 7.67. The van der Waals surface area contributed by atoms with E-state index < -0.39 is 0 Å². The predicted octanol–water partition coefficient (Wildman–Crippen LogP) is 0.866. The summed E-state index contributed by atoms with van der Waals surface area (Å²) in [5, 5.41) is 3.16. The smallest absolute Gasteiger partial charge is 0.206 e. The molecule has 5 heteroatoms. The fraction of sp³-hybridized carbons (Fsp3) is 0.909. The van der Waals surface area contributed by atoms with Gasteiger partial charge in [-0.3, -0.25) is 10.4 Å². The Bertz CT molecular complexity index is 192. The molecule has 0 spiro atoms. The fourth-order valence-electron chi connectivity index (χ4n) is 1.43. The monoisotopic (exact) mass is 230 g/mol. The molecule has 0 saturated heterocycles. The zero-order valence-electron chi connectivity index (χ0n) is 10.9. The number of nitrogens with one attached hydrogen (secondary N) is 2. The van der Waals surface area contributed by atoms with Gasteiger partial charge in [-0.25, -0.2) is 5.84 Å². The van der Waals surface area contributed by atoms with Crippen molar-refractivity contribution >= 4 is 5.96 Å². The van der Waals surface area contributed by atoms with Crippen molar-refractivity contribution in [3.05, 3.63) is 0 Å². The van der Waals surface area contributed by atoms with Crippen molar-refractivity contribution in [3.63, 3.8) is 0 Å². The molecule has 0 aromatic rings. The molecule has 16 heavy (non-hydrogen) atoms. The van der Waals surface area contributed by atoms with Crippen LogP contribution >= 0.6 is 0 Å². The molecule has 0 saturated carbocycles. The topological polar surface area (TPSA) is 71.7 Å². The van der Waals surface area contributed by atoms with Crippen LogP contribution in [0.25, 0.3) is 0 Å². The molecule has 0 heterocycles. The molecular formula is C11H26N4O. The lowest BCUT2D eigenvalue weighted by Gasteiger charge is -2.16. The molecule has 0 radical (unpaired) electrons. The molecule has 0 fully saturated rings. The molecule has 0 aliphatic heterocycles. The van der Waals surface area contributed by atoms with Crippen LogP contribution in [0, 0.1) is 5.92 Å². The van der Waals surface area contributed by atoms with E-state index in [-0.39, 0.29) is 6.04 Å². The summed E-state index contributed by atoms with van der Waals surface area (Å²) >= 11 is 0. The number of guanidine groups is 1. The quantitative estimate of drug-likeness (QED) is 0.263. The molecule has 0 aliphatic rings. The van der Waals surface area contributed by atoms with Gasteiger partial charge in [-0.2, -0.15) is 0 Å². The van der Waals surface area contributed by atoms with Crippen LogP contribution in [0.2, 0.25) is 0 Å². The number of rotatable bonds is 7. The van der Waals surface area contributed by atoms with Gasteiger partial charge in [-0.05, 0) is 12.8 Å². The Morgan fingerprint density at radius 1 is 1.38 bits per heavy atom. The van der Waals surface area contributed by atoms with Crippen molar-refractivity contribution in [1.29, 1.82) is 0 Å². The molecule has 5 nitrogen and oxygen atoms in total. The van der Waals surface area contributed by atoms with Crippen molar-refractivity contribution in [1.82, 2.24) is 10.7 Å². The van der Waals surface area contributed by atoms with Crippen LogP contribution in [0.4, 0.5) is 0 Å². The van der Waals surface area contributed by atoms with Gasteiger partial charge in [0.05, 0.1) is 6.61 Å². The van der Waals surface area contributed by atoms with Crippen LogP contribution in [0.3, 0.4) is 0 Å². The van der Waals surface area contributed by atoms with Crippen LogP contribution < -0.4 is 16.6 Å². The minimum atomic E-state index is 0.196. The maximum atomic E-state index is 5.40. The minimum Gasteiger partial charge on any atom is -0.383 e. The van der Waals surface area contributed by atoms with Crippen molar-refractivity contribution in [2.24, 2.45) is 16.8 Å². The Labute approximate surface area is 98.8 Å². The number of methoxy groups -OCH3 is 1. The van der Waals surface area contributed by atoms with Gasteiger partial charge in [0.15, 0.2) is 0 Å². The number of hydrazine groups is 1. The lowest BCUT2D eigenvalue weighted by Crippen LogP contribution is -2.47. The van der Waals surface area contributed by atoms with Gasteiger partial charge < -0.3 is 10.1 Å². The first kappa shape index (κ1) is 15.2. The Morgan fingerprint density at radius 3 is 2.44 bits per heavy atom. The maximum Gasteiger partial charge on any atom is 0.206 e. The van der Waals surface area contributed by atoms with Crippen molar-refractivity contribution in [2.75, 3.05) is 20.3 Å². The van der Waals surface area contributed by atoms with E-state index in [9.17, 15) is 0 Å². The summed E-state index contributed by atoms with van der Waals surface area (Å²) in [7, 11) is 1.68. The summed E-state index contributed by atoms with van der Waals surface area (Å²) in [6, 6.07) is 0.196. The van der Waals surface area contributed by atoms with Gasteiger partial charge in [0.1, 0.15) is 0 Å². The lowest BCUT2D eigenvalue weighted by molar-refractivity contribution is 0.179. The number of ether oxygens (including phenoxy) is 1. The minimum absolute atomic E-state index is 0.196. The SMILES string of the molecule is CCC(CC)CN=C(NN)NC(C)COC. The zero-order valence-corrected chi connectivity index (χ0v) is 10.9. The fourth-order valence-corrected chi connectivity index (χ4v) is 1.43. The van der Waals surface area contributed by atoms with Crippen molar-refractivity contribution in [2.45, 2.75) is 39.7 Å². The van der Waals surface area contributed by atoms with E-state index in [1.807, 2.05) is 6.92 Å². The summed E-state index contributed by atoms with van der Waals surface area (Å²) in [5.41, 5.74) is 2.58. The molecular weight excluding hydrogens is 204 g/mol. The van der Waals surface area contributed by atoms with E-state index in [1.165, 1.54) is 0 Å². The maximum absolute atomic E-state index is 5.40. The third kappa shape index (κ3) is 6.63. The first-order valence-electron chi connectivity index (χ1n) is 5.94. The van der Waals surface area contributed by atoms with Gasteiger partial charge in [-0.1, -0.05) is 26.7 Å². The van der Waals surface area contributed by atoms with Crippen LogP contribution in [-0.4, -0.2) is 32.3 Å². The molecule has 1 unspecified atom stereocenters. The summed E-state index contributed by atoms with van der Waals surface area (Å²) in [6.07, 6.45) is 2.29. The van der Waals surface area contributed by atoms with Gasteiger partial charge in [0, 0.05) is 19.7 Å². The highest BCUT2D eigenvalue weighted by Crippen LogP contribution is 2.06. The number of aliphatic imine (C=N–C) groups is 1. The molecule has 4 N–H and O–H groups in total. The number of nitrogens with zero attached hydrogens (tertiary/aromatic N) is 1. The van der Waals surface area contributed by atoms with E-state index in [0.717, 1.165) is 19.4 Å². The van der Waals surface area contributed by atoms with E-state index >= 15 is 0 Å². The van der Waals surface area contributed by atoms with Gasteiger partial charge in [0.2, 0.25) is 5.96 Å². The lowest BCUT2D eigenvalue weighted by atomic mass is 10.0. The van der Waals surface area contributed by atoms with Gasteiger partial charge in [-0.15, -0.1) is 0 Å². The second-order valence-corrected chi connectivity index (χ2v) is 4.02. The standard InChI is InChI=1S/C11H26N4O/c1-5-10(6-2)7-13-11(15-12)14-9(3)8-16-4/h9-10H,5-8,12H2,1-4H3,(H2,13,14,15). The summed E-state index contributed by atoms with van der Waals surface area (Å²) < 4.78 is 5.03. The van der Waals surface area contributed by atoms with Crippen molar-refractivity contribution < 1.29 is 4.74 Å². The highest BCUT2D eigenvalue weighted by atomic mass is 16.5. The Morgan fingerprint density at radius 2 is 2.00 bits per heavy atom. The molecule has 1 atom stereocenters.